The van der Waals surface area contributed by atoms with Gasteiger partial charge in [-0.1, -0.05) is 38.1 Å². The fourth-order valence-corrected chi connectivity index (χ4v) is 4.53. The van der Waals surface area contributed by atoms with Gasteiger partial charge in [0.2, 0.25) is 15.9 Å². The molecule has 1 amide bonds. The monoisotopic (exact) mass is 463 g/mol. The Morgan fingerprint density at radius 3 is 2.44 bits per heavy atom. The van der Waals surface area contributed by atoms with Crippen molar-refractivity contribution in [1.82, 2.24) is 5.32 Å². The predicted octanol–water partition coefficient (Wildman–Crippen LogP) is 3.38. The van der Waals surface area contributed by atoms with Gasteiger partial charge in [0.05, 0.1) is 23.4 Å². The van der Waals surface area contributed by atoms with Gasteiger partial charge in [0.25, 0.3) is 5.69 Å². The zero-order chi connectivity index (χ0) is 24.1. The maximum atomic E-state index is 12.7. The first-order valence-electron chi connectivity index (χ1n) is 10.2. The predicted molar refractivity (Wildman–Crippen MR) is 124 cm³/mol. The molecule has 2 rings (SSSR count). The van der Waals surface area contributed by atoms with E-state index in [4.69, 9.17) is 4.74 Å². The van der Waals surface area contributed by atoms with Crippen LogP contribution in [0.25, 0.3) is 0 Å². The number of hydrogen-bond donors (Lipinski definition) is 1. The minimum Gasteiger partial charge on any atom is -0.491 e. The van der Waals surface area contributed by atoms with Gasteiger partial charge in [-0.3, -0.25) is 19.2 Å². The van der Waals surface area contributed by atoms with Gasteiger partial charge in [-0.2, -0.15) is 0 Å². The Kier molecular flexibility index (Phi) is 8.20. The van der Waals surface area contributed by atoms with Crippen molar-refractivity contribution in [3.05, 3.63) is 63.7 Å². The van der Waals surface area contributed by atoms with Crippen LogP contribution in [0.4, 0.5) is 11.4 Å². The van der Waals surface area contributed by atoms with Crippen LogP contribution in [0.15, 0.2) is 42.5 Å². The fraction of sp³-hybridized carbons (Fsp3) is 0.409. The number of ether oxygens (including phenoxy) is 1. The quantitative estimate of drug-likeness (QED) is 0.328. The number of amides is 1. The van der Waals surface area contributed by atoms with Crippen LogP contribution in [0.1, 0.15) is 37.8 Å². The molecule has 0 aliphatic rings. The summed E-state index contributed by atoms with van der Waals surface area (Å²) >= 11 is 0. The highest BCUT2D eigenvalue weighted by atomic mass is 32.2. The highest BCUT2D eigenvalue weighted by Crippen LogP contribution is 2.29. The molecule has 2 aromatic rings. The van der Waals surface area contributed by atoms with E-state index in [0.717, 1.165) is 27.9 Å². The van der Waals surface area contributed by atoms with Crippen molar-refractivity contribution < 1.29 is 22.9 Å². The number of anilines is 1. The molecule has 0 fully saturated rings. The highest BCUT2D eigenvalue weighted by Gasteiger charge is 2.31. The Morgan fingerprint density at radius 1 is 1.19 bits per heavy atom. The van der Waals surface area contributed by atoms with E-state index in [1.54, 1.807) is 6.92 Å². The molecule has 1 unspecified atom stereocenters. The molecule has 0 aliphatic carbocycles. The van der Waals surface area contributed by atoms with Gasteiger partial charge >= 0.3 is 0 Å². The lowest BCUT2D eigenvalue weighted by molar-refractivity contribution is -0.384. The number of nitro benzene ring substituents is 1. The largest absolute Gasteiger partial charge is 0.491 e. The van der Waals surface area contributed by atoms with Crippen LogP contribution in [-0.4, -0.2) is 44.7 Å². The molecule has 0 aliphatic heterocycles. The molecule has 0 radical (unpaired) electrons. The summed E-state index contributed by atoms with van der Waals surface area (Å²) in [6.07, 6.45) is 0.959. The Morgan fingerprint density at radius 2 is 1.84 bits per heavy atom. The normalized spacial score (nSPS) is 12.3. The standard InChI is InChI=1S/C22H29N3O6S/c1-15(2)19-8-6-7-9-21(19)31-13-12-23-22(26)17(4)24(32(5,29)30)20-14-18(25(27)28)11-10-16(20)3/h6-11,14-15,17H,12-13H2,1-5H3,(H,23,26). The number of nitrogens with zero attached hydrogens (tertiary/aromatic N) is 2. The summed E-state index contributed by atoms with van der Waals surface area (Å²) < 4.78 is 31.6. The maximum absolute atomic E-state index is 12.7. The van der Waals surface area contributed by atoms with Crippen molar-refractivity contribution in [2.24, 2.45) is 0 Å². The van der Waals surface area contributed by atoms with E-state index in [0.29, 0.717) is 5.56 Å². The smallest absolute Gasteiger partial charge is 0.271 e. The molecule has 0 bridgehead atoms. The van der Waals surface area contributed by atoms with Crippen LogP contribution in [0.2, 0.25) is 0 Å². The second-order valence-corrected chi connectivity index (χ2v) is 9.65. The van der Waals surface area contributed by atoms with Crippen LogP contribution < -0.4 is 14.4 Å². The Bertz CT molecular complexity index is 1080. The van der Waals surface area contributed by atoms with Crippen LogP contribution in [0.3, 0.4) is 0 Å². The van der Waals surface area contributed by atoms with Crippen LogP contribution in [0, 0.1) is 17.0 Å². The molecular formula is C22H29N3O6S. The average Bonchev–Trinajstić information content (AvgIpc) is 2.71. The number of carbonyl (C=O) groups excluding carboxylic acids is 1. The first-order valence-corrected chi connectivity index (χ1v) is 12.0. The second kappa shape index (κ2) is 10.4. The number of nitro groups is 1. The molecule has 0 aromatic heterocycles. The van der Waals surface area contributed by atoms with Gasteiger partial charge in [-0.25, -0.2) is 8.42 Å². The van der Waals surface area contributed by atoms with Crippen LogP contribution in [-0.2, 0) is 14.8 Å². The molecule has 174 valence electrons. The molecular weight excluding hydrogens is 434 g/mol. The van der Waals surface area contributed by atoms with Crippen LogP contribution >= 0.6 is 0 Å². The number of aryl methyl sites for hydroxylation is 1. The number of para-hydroxylation sites is 1. The number of benzene rings is 2. The van der Waals surface area contributed by atoms with Gasteiger partial charge in [-0.05, 0) is 37.0 Å². The Balaban J connectivity index is 2.12. The third-order valence-electron chi connectivity index (χ3n) is 4.93. The third kappa shape index (κ3) is 6.19. The molecule has 1 N–H and O–H groups in total. The molecule has 32 heavy (non-hydrogen) atoms. The number of hydrogen-bond acceptors (Lipinski definition) is 6. The molecule has 9 nitrogen and oxygen atoms in total. The first-order chi connectivity index (χ1) is 14.9. The molecule has 0 saturated carbocycles. The summed E-state index contributed by atoms with van der Waals surface area (Å²) in [5.74, 6) is 0.471. The number of sulfonamides is 1. The van der Waals surface area contributed by atoms with E-state index >= 15 is 0 Å². The number of carbonyl (C=O) groups is 1. The maximum Gasteiger partial charge on any atom is 0.271 e. The van der Waals surface area contributed by atoms with Gasteiger partial charge < -0.3 is 10.1 Å². The SMILES string of the molecule is Cc1ccc([N+](=O)[O-])cc1N(C(C)C(=O)NCCOc1ccccc1C(C)C)S(C)(=O)=O. The zero-order valence-corrected chi connectivity index (χ0v) is 19.7. The van der Waals surface area contributed by atoms with E-state index in [1.807, 2.05) is 24.3 Å². The summed E-state index contributed by atoms with van der Waals surface area (Å²) in [7, 11) is -3.90. The van der Waals surface area contributed by atoms with E-state index in [1.165, 1.54) is 19.1 Å². The molecule has 0 spiro atoms. The topological polar surface area (TPSA) is 119 Å². The van der Waals surface area contributed by atoms with Crippen molar-refractivity contribution in [2.45, 2.75) is 39.7 Å². The third-order valence-corrected chi connectivity index (χ3v) is 6.16. The Hall–Kier alpha value is -3.14. The van der Waals surface area contributed by atoms with Crippen molar-refractivity contribution in [2.75, 3.05) is 23.7 Å². The minimum atomic E-state index is -3.90. The number of non-ortho nitro benzene ring substituents is 1. The fourth-order valence-electron chi connectivity index (χ4n) is 3.30. The van der Waals surface area contributed by atoms with Crippen molar-refractivity contribution in [3.63, 3.8) is 0 Å². The molecule has 0 saturated heterocycles. The van der Waals surface area contributed by atoms with Crippen LogP contribution in [0.5, 0.6) is 5.75 Å². The van der Waals surface area contributed by atoms with Gasteiger partial charge in [-0.15, -0.1) is 0 Å². The lowest BCUT2D eigenvalue weighted by Crippen LogP contribution is -2.48. The molecule has 10 heteroatoms. The molecule has 1 atom stereocenters. The average molecular weight is 464 g/mol. The summed E-state index contributed by atoms with van der Waals surface area (Å²) in [5, 5.41) is 13.8. The first kappa shape index (κ1) is 25.1. The van der Waals surface area contributed by atoms with Crippen molar-refractivity contribution in [3.8, 4) is 5.75 Å². The Labute approximate surface area is 188 Å². The van der Waals surface area contributed by atoms with Crippen molar-refractivity contribution >= 4 is 27.3 Å². The van der Waals surface area contributed by atoms with Crippen molar-refractivity contribution in [1.29, 1.82) is 0 Å². The molecule has 0 heterocycles. The van der Waals surface area contributed by atoms with E-state index in [9.17, 15) is 23.3 Å². The summed E-state index contributed by atoms with van der Waals surface area (Å²) in [6, 6.07) is 10.4. The molecule has 2 aromatic carbocycles. The van der Waals surface area contributed by atoms with E-state index in [-0.39, 0.29) is 30.4 Å². The lowest BCUT2D eigenvalue weighted by Gasteiger charge is -2.29. The van der Waals surface area contributed by atoms with Gasteiger partial charge in [0, 0.05) is 12.1 Å². The summed E-state index contributed by atoms with van der Waals surface area (Å²) in [5.41, 5.74) is 1.38. The zero-order valence-electron chi connectivity index (χ0n) is 18.9. The summed E-state index contributed by atoms with van der Waals surface area (Å²) in [4.78, 5) is 23.2. The highest BCUT2D eigenvalue weighted by molar-refractivity contribution is 7.92. The minimum absolute atomic E-state index is 0.0893. The number of nitrogens with one attached hydrogen (secondary N) is 1. The second-order valence-electron chi connectivity index (χ2n) is 7.79. The van der Waals surface area contributed by atoms with E-state index in [2.05, 4.69) is 19.2 Å². The number of rotatable bonds is 10. The lowest BCUT2D eigenvalue weighted by atomic mass is 10.0. The van der Waals surface area contributed by atoms with E-state index < -0.39 is 26.9 Å². The van der Waals surface area contributed by atoms with Gasteiger partial charge in [0.15, 0.2) is 0 Å². The summed E-state index contributed by atoms with van der Waals surface area (Å²) in [6.45, 7) is 7.55. The van der Waals surface area contributed by atoms with Gasteiger partial charge in [0.1, 0.15) is 18.4 Å².